The number of fused-ring (bicyclic) bond motifs is 1. The summed E-state index contributed by atoms with van der Waals surface area (Å²) in [5.41, 5.74) is 2.55. The van der Waals surface area contributed by atoms with Crippen LogP contribution in [0.1, 0.15) is 48.7 Å². The van der Waals surface area contributed by atoms with E-state index in [2.05, 4.69) is 35.6 Å². The maximum Gasteiger partial charge on any atom is 0.257 e. The molecule has 5 rings (SSSR count). The fourth-order valence-electron chi connectivity index (χ4n) is 4.19. The van der Waals surface area contributed by atoms with Crippen molar-refractivity contribution in [1.82, 2.24) is 24.7 Å². The fraction of sp³-hybridized carbons (Fsp3) is 0.320. The Hall–Kier alpha value is -4.08. The van der Waals surface area contributed by atoms with Gasteiger partial charge in [0.1, 0.15) is 23.0 Å². The van der Waals surface area contributed by atoms with E-state index in [9.17, 15) is 9.18 Å². The zero-order chi connectivity index (χ0) is 24.4. The van der Waals surface area contributed by atoms with E-state index in [1.165, 1.54) is 6.07 Å². The average molecular weight is 475 g/mol. The van der Waals surface area contributed by atoms with Crippen molar-refractivity contribution in [2.75, 3.05) is 28.6 Å². The maximum absolute atomic E-state index is 14.7. The minimum atomic E-state index is -0.423. The van der Waals surface area contributed by atoms with E-state index in [0.717, 1.165) is 38.3 Å². The van der Waals surface area contributed by atoms with Gasteiger partial charge in [-0.1, -0.05) is 0 Å². The van der Waals surface area contributed by atoms with E-state index in [1.807, 2.05) is 26.1 Å². The molecule has 10 heteroatoms. The molecule has 0 spiro atoms. The van der Waals surface area contributed by atoms with E-state index >= 15 is 0 Å². The third-order valence-corrected chi connectivity index (χ3v) is 6.12. The number of rotatable bonds is 7. The Labute approximate surface area is 202 Å². The van der Waals surface area contributed by atoms with Gasteiger partial charge in [0.2, 0.25) is 5.65 Å². The number of hydrogen-bond donors (Lipinski definition) is 2. The van der Waals surface area contributed by atoms with Crippen molar-refractivity contribution in [3.8, 4) is 0 Å². The molecule has 0 saturated carbocycles. The van der Waals surface area contributed by atoms with Crippen LogP contribution in [0.5, 0.6) is 0 Å². The molecule has 4 aromatic rings. The quantitative estimate of drug-likeness (QED) is 0.409. The highest BCUT2D eigenvalue weighted by Crippen LogP contribution is 2.25. The van der Waals surface area contributed by atoms with Crippen molar-refractivity contribution in [2.45, 2.75) is 39.3 Å². The maximum atomic E-state index is 14.7. The summed E-state index contributed by atoms with van der Waals surface area (Å²) < 4.78 is 16.4. The monoisotopic (exact) mass is 474 g/mol. The smallest absolute Gasteiger partial charge is 0.257 e. The SMILES string of the molecule is CCn1cc2ncc(N[C@@H](C)c3cc(NC(=O)c4ccc(N5CCCC5)nc4)ccc3F)nc2n1. The number of carbonyl (C=O) groups is 1. The number of carbonyl (C=O) groups excluding carboxylic acids is 1. The van der Waals surface area contributed by atoms with Crippen LogP contribution in [-0.2, 0) is 6.54 Å². The average Bonchev–Trinajstić information content (AvgIpc) is 3.55. The van der Waals surface area contributed by atoms with Crippen LogP contribution in [0.2, 0.25) is 0 Å². The van der Waals surface area contributed by atoms with E-state index in [1.54, 1.807) is 35.3 Å². The predicted molar refractivity (Wildman–Crippen MR) is 133 cm³/mol. The Morgan fingerprint density at radius 2 is 1.97 bits per heavy atom. The standard InChI is InChI=1S/C25H27FN8O/c1-3-34-15-21-24(32-34)31-22(14-27-21)29-16(2)19-12-18(7-8-20(19)26)30-25(35)17-6-9-23(28-13-17)33-10-4-5-11-33/h6-9,12-16H,3-5,10-11H2,1-2H3,(H,30,35)(H,29,31,32)/t16-/m0/s1. The van der Waals surface area contributed by atoms with Crippen LogP contribution in [0.3, 0.4) is 0 Å². The summed E-state index contributed by atoms with van der Waals surface area (Å²) in [5, 5.41) is 10.4. The molecule has 9 nitrogen and oxygen atoms in total. The molecule has 35 heavy (non-hydrogen) atoms. The molecule has 1 atom stereocenters. The molecule has 1 saturated heterocycles. The van der Waals surface area contributed by atoms with Gasteiger partial charge in [0.05, 0.1) is 24.0 Å². The lowest BCUT2D eigenvalue weighted by molar-refractivity contribution is 0.102. The molecule has 1 aliphatic heterocycles. The van der Waals surface area contributed by atoms with Crippen molar-refractivity contribution in [3.63, 3.8) is 0 Å². The molecular formula is C25H27FN8O. The molecular weight excluding hydrogens is 447 g/mol. The number of nitrogens with zero attached hydrogens (tertiary/aromatic N) is 6. The van der Waals surface area contributed by atoms with Gasteiger partial charge in [-0.05, 0) is 57.0 Å². The lowest BCUT2D eigenvalue weighted by atomic mass is 10.1. The number of nitrogens with one attached hydrogen (secondary N) is 2. The third kappa shape index (κ3) is 4.91. The van der Waals surface area contributed by atoms with Gasteiger partial charge in [-0.2, -0.15) is 5.10 Å². The van der Waals surface area contributed by atoms with E-state index in [0.29, 0.717) is 33.8 Å². The summed E-state index contributed by atoms with van der Waals surface area (Å²) in [6, 6.07) is 7.71. The highest BCUT2D eigenvalue weighted by molar-refractivity contribution is 6.04. The van der Waals surface area contributed by atoms with Gasteiger partial charge in [-0.25, -0.2) is 19.3 Å². The molecule has 3 aromatic heterocycles. The van der Waals surface area contributed by atoms with Gasteiger partial charge in [-0.3, -0.25) is 9.48 Å². The van der Waals surface area contributed by atoms with Crippen molar-refractivity contribution >= 4 is 34.4 Å². The second-order valence-electron chi connectivity index (χ2n) is 8.60. The molecule has 0 radical (unpaired) electrons. The Morgan fingerprint density at radius 3 is 2.71 bits per heavy atom. The normalized spacial score (nSPS) is 14.3. The minimum Gasteiger partial charge on any atom is -0.362 e. The van der Waals surface area contributed by atoms with Crippen molar-refractivity contribution in [1.29, 1.82) is 0 Å². The van der Waals surface area contributed by atoms with Crippen molar-refractivity contribution < 1.29 is 9.18 Å². The van der Waals surface area contributed by atoms with Gasteiger partial charge < -0.3 is 15.5 Å². The summed E-state index contributed by atoms with van der Waals surface area (Å²) in [6.07, 6.45) is 7.33. The van der Waals surface area contributed by atoms with Crippen LogP contribution in [0.4, 0.5) is 21.7 Å². The molecule has 2 N–H and O–H groups in total. The van der Waals surface area contributed by atoms with Crippen molar-refractivity contribution in [3.05, 3.63) is 65.9 Å². The predicted octanol–water partition coefficient (Wildman–Crippen LogP) is 4.41. The number of pyridine rings is 1. The Kier molecular flexibility index (Phi) is 6.26. The summed E-state index contributed by atoms with van der Waals surface area (Å²) >= 11 is 0. The Morgan fingerprint density at radius 1 is 1.14 bits per heavy atom. The summed E-state index contributed by atoms with van der Waals surface area (Å²) in [4.78, 5) is 28.2. The zero-order valence-corrected chi connectivity index (χ0v) is 19.7. The van der Waals surface area contributed by atoms with Gasteiger partial charge in [-0.15, -0.1) is 0 Å². The van der Waals surface area contributed by atoms with Crippen LogP contribution in [0.25, 0.3) is 11.2 Å². The van der Waals surface area contributed by atoms with Crippen LogP contribution >= 0.6 is 0 Å². The van der Waals surface area contributed by atoms with E-state index in [-0.39, 0.29) is 11.7 Å². The van der Waals surface area contributed by atoms with E-state index < -0.39 is 6.04 Å². The number of amides is 1. The molecule has 1 fully saturated rings. The number of aromatic nitrogens is 5. The molecule has 4 heterocycles. The summed E-state index contributed by atoms with van der Waals surface area (Å²) in [6.45, 7) is 6.51. The van der Waals surface area contributed by atoms with E-state index in [4.69, 9.17) is 0 Å². The molecule has 0 bridgehead atoms. The molecule has 180 valence electrons. The van der Waals surface area contributed by atoms with Crippen LogP contribution in [0.15, 0.2) is 48.9 Å². The lowest BCUT2D eigenvalue weighted by Gasteiger charge is -2.17. The molecule has 0 aliphatic carbocycles. The second kappa shape index (κ2) is 9.65. The number of hydrogen-bond acceptors (Lipinski definition) is 7. The van der Waals surface area contributed by atoms with Crippen LogP contribution < -0.4 is 15.5 Å². The van der Waals surface area contributed by atoms with Crippen LogP contribution in [-0.4, -0.2) is 43.7 Å². The highest BCUT2D eigenvalue weighted by Gasteiger charge is 2.17. The highest BCUT2D eigenvalue weighted by atomic mass is 19.1. The molecule has 1 amide bonds. The van der Waals surface area contributed by atoms with Gasteiger partial charge in [0.25, 0.3) is 5.91 Å². The first kappa shape index (κ1) is 22.7. The lowest BCUT2D eigenvalue weighted by Crippen LogP contribution is -2.19. The molecule has 0 unspecified atom stereocenters. The van der Waals surface area contributed by atoms with Crippen molar-refractivity contribution in [2.24, 2.45) is 0 Å². The summed E-state index contributed by atoms with van der Waals surface area (Å²) in [5.74, 6) is 0.686. The first-order valence-electron chi connectivity index (χ1n) is 11.8. The second-order valence-corrected chi connectivity index (χ2v) is 8.60. The topological polar surface area (TPSA) is 101 Å². The van der Waals surface area contributed by atoms with Crippen LogP contribution in [0, 0.1) is 5.82 Å². The third-order valence-electron chi connectivity index (χ3n) is 6.12. The zero-order valence-electron chi connectivity index (χ0n) is 19.7. The Bertz CT molecular complexity index is 1350. The van der Waals surface area contributed by atoms with Gasteiger partial charge in [0.15, 0.2) is 0 Å². The first-order chi connectivity index (χ1) is 17.0. The number of anilines is 3. The molecule has 1 aromatic carbocycles. The number of halogens is 1. The van der Waals surface area contributed by atoms with Gasteiger partial charge >= 0.3 is 0 Å². The number of benzene rings is 1. The largest absolute Gasteiger partial charge is 0.362 e. The van der Waals surface area contributed by atoms with Gasteiger partial charge in [0, 0.05) is 37.1 Å². The Balaban J connectivity index is 1.28. The molecule has 1 aliphatic rings. The summed E-state index contributed by atoms with van der Waals surface area (Å²) in [7, 11) is 0. The minimum absolute atomic E-state index is 0.300. The first-order valence-corrected chi connectivity index (χ1v) is 11.8. The number of aryl methyl sites for hydroxylation is 1. The fourth-order valence-corrected chi connectivity index (χ4v) is 4.19.